The van der Waals surface area contributed by atoms with Crippen molar-refractivity contribution in [2.45, 2.75) is 6.61 Å². The molecule has 1 aromatic carbocycles. The van der Waals surface area contributed by atoms with E-state index in [2.05, 4.69) is 4.98 Å². The van der Waals surface area contributed by atoms with E-state index in [1.54, 1.807) is 13.3 Å². The van der Waals surface area contributed by atoms with Gasteiger partial charge in [-0.15, -0.1) is 0 Å². The minimum absolute atomic E-state index is 0.0575. The van der Waals surface area contributed by atoms with Gasteiger partial charge in [0.2, 0.25) is 5.88 Å². The summed E-state index contributed by atoms with van der Waals surface area (Å²) in [4.78, 5) is 4.10. The van der Waals surface area contributed by atoms with E-state index in [4.69, 9.17) is 9.84 Å². The van der Waals surface area contributed by atoms with Gasteiger partial charge in [0.1, 0.15) is 0 Å². The van der Waals surface area contributed by atoms with Crippen molar-refractivity contribution in [1.29, 1.82) is 0 Å². The van der Waals surface area contributed by atoms with E-state index in [1.165, 1.54) is 0 Å². The molecular weight excluding hydrogens is 178 g/mol. The topological polar surface area (TPSA) is 42.4 Å². The first-order valence-electron chi connectivity index (χ1n) is 4.37. The summed E-state index contributed by atoms with van der Waals surface area (Å²) < 4.78 is 5.02. The minimum Gasteiger partial charge on any atom is -0.481 e. The Hall–Kier alpha value is -1.61. The van der Waals surface area contributed by atoms with Crippen LogP contribution in [-0.4, -0.2) is 17.2 Å². The van der Waals surface area contributed by atoms with Gasteiger partial charge in [-0.25, -0.2) is 4.98 Å². The van der Waals surface area contributed by atoms with E-state index >= 15 is 0 Å². The molecule has 0 aliphatic carbocycles. The molecule has 0 aliphatic rings. The third kappa shape index (κ3) is 1.54. The number of ether oxygens (including phenoxy) is 1. The smallest absolute Gasteiger partial charge is 0.213 e. The molecule has 1 aromatic heterocycles. The highest BCUT2D eigenvalue weighted by atomic mass is 16.5. The molecule has 72 valence electrons. The Morgan fingerprint density at radius 1 is 1.29 bits per heavy atom. The molecule has 0 saturated heterocycles. The molecule has 2 aromatic rings. The largest absolute Gasteiger partial charge is 0.481 e. The zero-order valence-corrected chi connectivity index (χ0v) is 7.90. The van der Waals surface area contributed by atoms with Crippen LogP contribution >= 0.6 is 0 Å². The van der Waals surface area contributed by atoms with Gasteiger partial charge in [0, 0.05) is 17.6 Å². The van der Waals surface area contributed by atoms with Crippen LogP contribution in [0.2, 0.25) is 0 Å². The quantitative estimate of drug-likeness (QED) is 0.782. The number of aliphatic hydroxyl groups is 1. The van der Waals surface area contributed by atoms with Crippen LogP contribution in [0.1, 0.15) is 5.56 Å². The maximum absolute atomic E-state index is 8.95. The van der Waals surface area contributed by atoms with Crippen LogP contribution in [-0.2, 0) is 6.61 Å². The molecule has 0 atom stereocenters. The van der Waals surface area contributed by atoms with Gasteiger partial charge in [0.05, 0.1) is 13.7 Å². The van der Waals surface area contributed by atoms with E-state index < -0.39 is 0 Å². The number of rotatable bonds is 2. The molecule has 0 fully saturated rings. The second-order valence-electron chi connectivity index (χ2n) is 3.07. The molecule has 1 N–H and O–H groups in total. The van der Waals surface area contributed by atoms with Crippen molar-refractivity contribution in [1.82, 2.24) is 4.98 Å². The van der Waals surface area contributed by atoms with Crippen molar-refractivity contribution in [2.24, 2.45) is 0 Å². The summed E-state index contributed by atoms with van der Waals surface area (Å²) in [5, 5.41) is 11.0. The number of hydrogen-bond acceptors (Lipinski definition) is 3. The van der Waals surface area contributed by atoms with Crippen molar-refractivity contribution in [3.05, 3.63) is 36.0 Å². The molecule has 0 spiro atoms. The summed E-state index contributed by atoms with van der Waals surface area (Å²) >= 11 is 0. The number of aliphatic hydroxyl groups excluding tert-OH is 1. The van der Waals surface area contributed by atoms with Crippen LogP contribution in [0.5, 0.6) is 5.88 Å². The maximum atomic E-state index is 8.95. The van der Waals surface area contributed by atoms with Crippen molar-refractivity contribution in [3.63, 3.8) is 0 Å². The second kappa shape index (κ2) is 3.64. The average Bonchev–Trinajstić information content (AvgIpc) is 2.27. The number of hydrogen-bond donors (Lipinski definition) is 1. The number of aromatic nitrogens is 1. The van der Waals surface area contributed by atoms with Gasteiger partial charge in [-0.1, -0.05) is 12.1 Å². The van der Waals surface area contributed by atoms with Crippen LogP contribution in [0, 0.1) is 0 Å². The molecule has 3 heteroatoms. The van der Waals surface area contributed by atoms with Gasteiger partial charge < -0.3 is 9.84 Å². The molecule has 14 heavy (non-hydrogen) atoms. The van der Waals surface area contributed by atoms with Crippen molar-refractivity contribution < 1.29 is 9.84 Å². The van der Waals surface area contributed by atoms with Gasteiger partial charge in [-0.3, -0.25) is 0 Å². The molecule has 0 radical (unpaired) electrons. The Kier molecular flexibility index (Phi) is 2.33. The van der Waals surface area contributed by atoms with Crippen LogP contribution in [0.15, 0.2) is 30.5 Å². The highest BCUT2D eigenvalue weighted by Crippen LogP contribution is 2.19. The molecular formula is C11H11NO2. The summed E-state index contributed by atoms with van der Waals surface area (Å²) in [6, 6.07) is 7.63. The summed E-state index contributed by atoms with van der Waals surface area (Å²) in [5.74, 6) is 0.606. The second-order valence-corrected chi connectivity index (χ2v) is 3.07. The van der Waals surface area contributed by atoms with Crippen molar-refractivity contribution in [3.8, 4) is 5.88 Å². The zero-order chi connectivity index (χ0) is 9.97. The SMILES string of the molecule is COc1cc2ccc(CO)cc2cn1. The van der Waals surface area contributed by atoms with Crippen molar-refractivity contribution in [2.75, 3.05) is 7.11 Å². The van der Waals surface area contributed by atoms with Gasteiger partial charge >= 0.3 is 0 Å². The van der Waals surface area contributed by atoms with Gasteiger partial charge in [-0.2, -0.15) is 0 Å². The van der Waals surface area contributed by atoms with E-state index in [9.17, 15) is 0 Å². The minimum atomic E-state index is 0.0575. The highest BCUT2D eigenvalue weighted by molar-refractivity contribution is 5.83. The summed E-state index contributed by atoms with van der Waals surface area (Å²) in [6.07, 6.45) is 1.74. The normalized spacial score (nSPS) is 10.4. The Morgan fingerprint density at radius 2 is 2.14 bits per heavy atom. The standard InChI is InChI=1S/C11H11NO2/c1-14-11-5-9-3-2-8(7-13)4-10(9)6-12-11/h2-6,13H,7H2,1H3. The Bertz CT molecular complexity index is 411. The number of benzene rings is 1. The molecule has 0 saturated carbocycles. The van der Waals surface area contributed by atoms with Gasteiger partial charge in [-0.05, 0) is 17.0 Å². The molecule has 3 nitrogen and oxygen atoms in total. The highest BCUT2D eigenvalue weighted by Gasteiger charge is 1.98. The number of nitrogens with zero attached hydrogens (tertiary/aromatic N) is 1. The lowest BCUT2D eigenvalue weighted by molar-refractivity contribution is 0.282. The average molecular weight is 189 g/mol. The van der Waals surface area contributed by atoms with E-state index in [0.29, 0.717) is 5.88 Å². The van der Waals surface area contributed by atoms with Crippen molar-refractivity contribution >= 4 is 10.8 Å². The molecule has 0 amide bonds. The Balaban J connectivity index is 2.57. The summed E-state index contributed by atoms with van der Waals surface area (Å²) in [5.41, 5.74) is 0.893. The number of pyridine rings is 1. The lowest BCUT2D eigenvalue weighted by atomic mass is 10.1. The Labute approximate surface area is 82.0 Å². The van der Waals surface area contributed by atoms with E-state index in [-0.39, 0.29) is 6.61 Å². The maximum Gasteiger partial charge on any atom is 0.213 e. The predicted molar refractivity (Wildman–Crippen MR) is 54.2 cm³/mol. The first-order chi connectivity index (χ1) is 6.83. The molecule has 1 heterocycles. The third-order valence-corrected chi connectivity index (χ3v) is 2.15. The lowest BCUT2D eigenvalue weighted by Crippen LogP contribution is -1.88. The molecule has 0 unspecified atom stereocenters. The first kappa shape index (κ1) is 8.97. The summed E-state index contributed by atoms with van der Waals surface area (Å²) in [6.45, 7) is 0.0575. The summed E-state index contributed by atoms with van der Waals surface area (Å²) in [7, 11) is 1.59. The van der Waals surface area contributed by atoms with Crippen LogP contribution < -0.4 is 4.74 Å². The molecule has 0 aliphatic heterocycles. The Morgan fingerprint density at radius 3 is 2.86 bits per heavy atom. The van der Waals surface area contributed by atoms with Gasteiger partial charge in [0.15, 0.2) is 0 Å². The van der Waals surface area contributed by atoms with Crippen LogP contribution in [0.25, 0.3) is 10.8 Å². The van der Waals surface area contributed by atoms with E-state index in [0.717, 1.165) is 16.3 Å². The van der Waals surface area contributed by atoms with Crippen LogP contribution in [0.3, 0.4) is 0 Å². The fraction of sp³-hybridized carbons (Fsp3) is 0.182. The third-order valence-electron chi connectivity index (χ3n) is 2.15. The molecule has 2 rings (SSSR count). The first-order valence-corrected chi connectivity index (χ1v) is 4.37. The zero-order valence-electron chi connectivity index (χ0n) is 7.90. The monoisotopic (exact) mass is 189 g/mol. The number of fused-ring (bicyclic) bond motifs is 1. The fourth-order valence-electron chi connectivity index (χ4n) is 1.38. The predicted octanol–water partition coefficient (Wildman–Crippen LogP) is 1.74. The van der Waals surface area contributed by atoms with Gasteiger partial charge in [0.25, 0.3) is 0 Å². The fourth-order valence-corrected chi connectivity index (χ4v) is 1.38. The van der Waals surface area contributed by atoms with Crippen LogP contribution in [0.4, 0.5) is 0 Å². The number of methoxy groups -OCH3 is 1. The molecule has 0 bridgehead atoms. The van der Waals surface area contributed by atoms with E-state index in [1.807, 2.05) is 24.3 Å². The lowest BCUT2D eigenvalue weighted by Gasteiger charge is -2.02.